The topological polar surface area (TPSA) is 0 Å². The summed E-state index contributed by atoms with van der Waals surface area (Å²) in [6.45, 7) is 4.49. The van der Waals surface area contributed by atoms with Crippen molar-refractivity contribution in [1.82, 2.24) is 0 Å². The van der Waals surface area contributed by atoms with E-state index in [0.717, 1.165) is 42.0 Å². The monoisotopic (exact) mass is 416 g/mol. The highest BCUT2D eigenvalue weighted by atomic mass is 19.1. The maximum absolute atomic E-state index is 15.5. The summed E-state index contributed by atoms with van der Waals surface area (Å²) >= 11 is 0. The summed E-state index contributed by atoms with van der Waals surface area (Å²) in [4.78, 5) is 0. The maximum Gasteiger partial charge on any atom is 0.134 e. The Kier molecular flexibility index (Phi) is 7.43. The van der Waals surface area contributed by atoms with E-state index in [-0.39, 0.29) is 11.7 Å². The summed E-state index contributed by atoms with van der Waals surface area (Å²) in [5.41, 5.74) is 6.61. The smallest absolute Gasteiger partial charge is 0.134 e. The first-order chi connectivity index (χ1) is 15.2. The van der Waals surface area contributed by atoms with Gasteiger partial charge in [-0.1, -0.05) is 88.1 Å². The third-order valence-corrected chi connectivity index (χ3v) is 7.13. The van der Waals surface area contributed by atoms with Crippen LogP contribution in [0.4, 0.5) is 4.39 Å². The molecule has 0 saturated heterocycles. The Bertz CT molecular complexity index is 1020. The molecule has 0 aromatic heterocycles. The lowest BCUT2D eigenvalue weighted by molar-refractivity contribution is 0.539. The van der Waals surface area contributed by atoms with E-state index in [0.29, 0.717) is 0 Å². The first-order valence-corrected chi connectivity index (χ1v) is 12.5. The van der Waals surface area contributed by atoms with Crippen molar-refractivity contribution in [3.8, 4) is 0 Å². The van der Waals surface area contributed by atoms with E-state index in [1.54, 1.807) is 0 Å². The summed E-state index contributed by atoms with van der Waals surface area (Å²) < 4.78 is 15.5. The van der Waals surface area contributed by atoms with Crippen LogP contribution in [-0.4, -0.2) is 0 Å². The van der Waals surface area contributed by atoms with Crippen LogP contribution in [0.25, 0.3) is 10.8 Å². The molecule has 0 fully saturated rings. The number of rotatable bonds is 9. The second kappa shape index (κ2) is 10.4. The van der Waals surface area contributed by atoms with E-state index < -0.39 is 0 Å². The van der Waals surface area contributed by atoms with Gasteiger partial charge in [0.25, 0.3) is 0 Å². The highest BCUT2D eigenvalue weighted by molar-refractivity contribution is 5.84. The minimum atomic E-state index is 0.00208. The molecule has 0 aliphatic heterocycles. The summed E-state index contributed by atoms with van der Waals surface area (Å²) in [6.07, 6.45) is 12.9. The molecule has 0 N–H and O–H groups in total. The Morgan fingerprint density at radius 2 is 1.48 bits per heavy atom. The number of fused-ring (bicyclic) bond motifs is 2. The molecule has 0 saturated carbocycles. The van der Waals surface area contributed by atoms with Gasteiger partial charge < -0.3 is 0 Å². The first kappa shape index (κ1) is 22.1. The Balaban J connectivity index is 1.50. The third kappa shape index (κ3) is 5.20. The van der Waals surface area contributed by atoms with E-state index in [1.807, 2.05) is 6.07 Å². The number of unbranched alkanes of at least 4 members (excludes halogenated alkanes) is 4. The first-order valence-electron chi connectivity index (χ1n) is 12.5. The van der Waals surface area contributed by atoms with Crippen LogP contribution in [0.3, 0.4) is 0 Å². The number of aryl methyl sites for hydroxylation is 3. The summed E-state index contributed by atoms with van der Waals surface area (Å²) in [6, 6.07) is 17.5. The fraction of sp³-hybridized carbons (Fsp3) is 0.467. The van der Waals surface area contributed by atoms with Crippen LogP contribution >= 0.6 is 0 Å². The largest absolute Gasteiger partial charge is 0.206 e. The van der Waals surface area contributed by atoms with Crippen LogP contribution in [0.15, 0.2) is 48.5 Å². The molecule has 0 spiro atoms. The predicted molar refractivity (Wildman–Crippen MR) is 132 cm³/mol. The Labute approximate surface area is 187 Å². The van der Waals surface area contributed by atoms with Gasteiger partial charge in [-0.05, 0) is 84.1 Å². The van der Waals surface area contributed by atoms with Gasteiger partial charge >= 0.3 is 0 Å². The molecule has 164 valence electrons. The van der Waals surface area contributed by atoms with Gasteiger partial charge in [0.15, 0.2) is 0 Å². The van der Waals surface area contributed by atoms with Crippen molar-refractivity contribution >= 4 is 10.8 Å². The number of benzene rings is 3. The summed E-state index contributed by atoms with van der Waals surface area (Å²) in [7, 11) is 0. The van der Waals surface area contributed by atoms with Gasteiger partial charge in [-0.15, -0.1) is 0 Å². The average Bonchev–Trinajstić information content (AvgIpc) is 2.79. The SMILES string of the molecule is CCCCCc1ccc2c(c1)CCC(c1ccc3cc(CCCCC)ccc3c1F)C2. The van der Waals surface area contributed by atoms with Crippen molar-refractivity contribution in [2.24, 2.45) is 0 Å². The minimum Gasteiger partial charge on any atom is -0.206 e. The van der Waals surface area contributed by atoms with Gasteiger partial charge in [0.1, 0.15) is 5.82 Å². The maximum atomic E-state index is 15.5. The molecule has 31 heavy (non-hydrogen) atoms. The zero-order chi connectivity index (χ0) is 21.6. The molecular weight excluding hydrogens is 379 g/mol. The molecule has 3 aromatic carbocycles. The van der Waals surface area contributed by atoms with Crippen LogP contribution in [0.1, 0.15) is 92.5 Å². The molecule has 1 heteroatoms. The van der Waals surface area contributed by atoms with Gasteiger partial charge in [0, 0.05) is 5.39 Å². The second-order valence-corrected chi connectivity index (χ2v) is 9.48. The van der Waals surface area contributed by atoms with Crippen LogP contribution in [0.2, 0.25) is 0 Å². The molecule has 4 rings (SSSR count). The predicted octanol–water partition coefficient (Wildman–Crippen LogP) is 8.72. The Morgan fingerprint density at radius 1 is 0.774 bits per heavy atom. The minimum absolute atomic E-state index is 0.00208. The van der Waals surface area contributed by atoms with Gasteiger partial charge in [-0.25, -0.2) is 4.39 Å². The molecule has 0 heterocycles. The zero-order valence-electron chi connectivity index (χ0n) is 19.4. The summed E-state index contributed by atoms with van der Waals surface area (Å²) in [5.74, 6) is 0.286. The molecule has 0 amide bonds. The molecule has 1 aliphatic carbocycles. The van der Waals surface area contributed by atoms with Crippen LogP contribution < -0.4 is 0 Å². The van der Waals surface area contributed by atoms with Crippen LogP contribution in [-0.2, 0) is 25.7 Å². The van der Waals surface area contributed by atoms with Crippen LogP contribution in [0, 0.1) is 5.82 Å². The highest BCUT2D eigenvalue weighted by Gasteiger charge is 2.23. The lowest BCUT2D eigenvalue weighted by Gasteiger charge is -2.26. The third-order valence-electron chi connectivity index (χ3n) is 7.13. The Hall–Kier alpha value is -2.15. The zero-order valence-corrected chi connectivity index (χ0v) is 19.4. The normalized spacial score (nSPS) is 15.9. The van der Waals surface area contributed by atoms with Crippen molar-refractivity contribution in [2.75, 3.05) is 0 Å². The van der Waals surface area contributed by atoms with Crippen molar-refractivity contribution in [3.05, 3.63) is 82.2 Å². The molecule has 0 bridgehead atoms. The second-order valence-electron chi connectivity index (χ2n) is 9.48. The Morgan fingerprint density at radius 3 is 2.23 bits per heavy atom. The fourth-order valence-corrected chi connectivity index (χ4v) is 5.22. The molecule has 1 aliphatic rings. The van der Waals surface area contributed by atoms with Gasteiger partial charge in [0.2, 0.25) is 0 Å². The van der Waals surface area contributed by atoms with E-state index in [4.69, 9.17) is 0 Å². The average molecular weight is 417 g/mol. The molecule has 3 aromatic rings. The quantitative estimate of drug-likeness (QED) is 0.306. The van der Waals surface area contributed by atoms with Crippen molar-refractivity contribution < 1.29 is 4.39 Å². The van der Waals surface area contributed by atoms with E-state index in [2.05, 4.69) is 56.3 Å². The lowest BCUT2D eigenvalue weighted by Crippen LogP contribution is -2.14. The molecule has 0 nitrogen and oxygen atoms in total. The van der Waals surface area contributed by atoms with Gasteiger partial charge in [0.05, 0.1) is 0 Å². The molecule has 0 radical (unpaired) electrons. The van der Waals surface area contributed by atoms with E-state index in [9.17, 15) is 0 Å². The summed E-state index contributed by atoms with van der Waals surface area (Å²) in [5, 5.41) is 1.83. The molecule has 1 unspecified atom stereocenters. The van der Waals surface area contributed by atoms with E-state index >= 15 is 4.39 Å². The van der Waals surface area contributed by atoms with Crippen LogP contribution in [0.5, 0.6) is 0 Å². The fourth-order valence-electron chi connectivity index (χ4n) is 5.22. The van der Waals surface area contributed by atoms with Crippen molar-refractivity contribution in [3.63, 3.8) is 0 Å². The number of hydrogen-bond acceptors (Lipinski definition) is 0. The van der Waals surface area contributed by atoms with E-state index in [1.165, 1.54) is 67.2 Å². The molecular formula is C30H37F. The van der Waals surface area contributed by atoms with Gasteiger partial charge in [-0.3, -0.25) is 0 Å². The van der Waals surface area contributed by atoms with Gasteiger partial charge in [-0.2, -0.15) is 0 Å². The van der Waals surface area contributed by atoms with Crippen molar-refractivity contribution in [1.29, 1.82) is 0 Å². The lowest BCUT2D eigenvalue weighted by atomic mass is 9.79. The highest BCUT2D eigenvalue weighted by Crippen LogP contribution is 2.36. The number of halogens is 1. The molecule has 1 atom stereocenters. The standard InChI is InChI=1S/C30H37F/c1-3-5-7-9-22-11-13-25-21-27(15-14-24(25)19-22)29-18-16-26-20-23(10-8-6-4-2)12-17-28(26)30(29)31/h11-13,16-20,27H,3-10,14-15,21H2,1-2H3. The van der Waals surface area contributed by atoms with Crippen molar-refractivity contribution in [2.45, 2.75) is 90.4 Å². The number of hydrogen-bond donors (Lipinski definition) is 0.